The highest BCUT2D eigenvalue weighted by molar-refractivity contribution is 5.92. The molecule has 0 aliphatic rings. The Bertz CT molecular complexity index is 504. The van der Waals surface area contributed by atoms with E-state index in [0.717, 1.165) is 0 Å². The maximum atomic E-state index is 13.6. The predicted octanol–water partition coefficient (Wildman–Crippen LogP) is 1.18. The molecule has 0 bridgehead atoms. The van der Waals surface area contributed by atoms with Crippen LogP contribution in [0.15, 0.2) is 18.2 Å². The molecular weight excluding hydrogens is 273 g/mol. The lowest BCUT2D eigenvalue weighted by atomic mass is 10.1. The minimum absolute atomic E-state index is 0.0393. The molecule has 1 aromatic carbocycles. The molecule has 0 heterocycles. The lowest BCUT2D eigenvalue weighted by molar-refractivity contribution is -0.121. The van der Waals surface area contributed by atoms with Gasteiger partial charge in [0, 0.05) is 37.2 Å². The van der Waals surface area contributed by atoms with Gasteiger partial charge in [-0.2, -0.15) is 0 Å². The monoisotopic (exact) mass is 295 g/mol. The molecule has 4 N–H and O–H groups in total. The van der Waals surface area contributed by atoms with Gasteiger partial charge in [-0.3, -0.25) is 9.59 Å². The molecule has 1 rings (SSSR count). The molecule has 116 valence electrons. The van der Waals surface area contributed by atoms with Gasteiger partial charge in [0.15, 0.2) is 0 Å². The predicted molar refractivity (Wildman–Crippen MR) is 79.1 cm³/mol. The van der Waals surface area contributed by atoms with Gasteiger partial charge in [0.25, 0.3) is 0 Å². The number of carbonyl (C=O) groups is 2. The minimum atomic E-state index is -0.593. The third kappa shape index (κ3) is 6.35. The summed E-state index contributed by atoms with van der Waals surface area (Å²) < 4.78 is 13.6. The van der Waals surface area contributed by atoms with Crippen LogP contribution in [0.5, 0.6) is 0 Å². The number of halogens is 1. The van der Waals surface area contributed by atoms with Gasteiger partial charge in [-0.1, -0.05) is 13.8 Å². The standard InChI is InChI=1S/C15H22FN3O2/c1-10(2)8-19-14(20)5-6-18-9-12-7-11(15(17)21)3-4-13(12)16/h3-4,7,10,18H,5-6,8-9H2,1-2H3,(H2,17,21)(H,19,20). The first kappa shape index (κ1) is 17.1. The first-order valence-electron chi connectivity index (χ1n) is 6.95. The topological polar surface area (TPSA) is 84.2 Å². The highest BCUT2D eigenvalue weighted by atomic mass is 19.1. The van der Waals surface area contributed by atoms with Crippen LogP contribution in [0.2, 0.25) is 0 Å². The second-order valence-electron chi connectivity index (χ2n) is 5.30. The van der Waals surface area contributed by atoms with Gasteiger partial charge in [0.1, 0.15) is 5.82 Å². The van der Waals surface area contributed by atoms with Crippen molar-refractivity contribution in [1.29, 1.82) is 0 Å². The zero-order valence-corrected chi connectivity index (χ0v) is 12.4. The van der Waals surface area contributed by atoms with Crippen LogP contribution in [0.25, 0.3) is 0 Å². The number of rotatable bonds is 8. The first-order chi connectivity index (χ1) is 9.90. The molecule has 6 heteroatoms. The fourth-order valence-corrected chi connectivity index (χ4v) is 1.69. The summed E-state index contributed by atoms with van der Waals surface area (Å²) in [7, 11) is 0. The molecule has 0 radical (unpaired) electrons. The molecular formula is C15H22FN3O2. The molecule has 21 heavy (non-hydrogen) atoms. The van der Waals surface area contributed by atoms with Crippen molar-refractivity contribution in [3.8, 4) is 0 Å². The number of benzene rings is 1. The number of carbonyl (C=O) groups excluding carboxylic acids is 2. The fourth-order valence-electron chi connectivity index (χ4n) is 1.69. The average Bonchev–Trinajstić information content (AvgIpc) is 2.42. The third-order valence-electron chi connectivity index (χ3n) is 2.88. The molecule has 0 aliphatic heterocycles. The highest BCUT2D eigenvalue weighted by Gasteiger charge is 2.07. The van der Waals surface area contributed by atoms with E-state index in [1.165, 1.54) is 18.2 Å². The van der Waals surface area contributed by atoms with E-state index in [4.69, 9.17) is 5.73 Å². The Balaban J connectivity index is 2.37. The highest BCUT2D eigenvalue weighted by Crippen LogP contribution is 2.10. The van der Waals surface area contributed by atoms with Crippen LogP contribution in [-0.2, 0) is 11.3 Å². The van der Waals surface area contributed by atoms with E-state index < -0.39 is 11.7 Å². The molecule has 2 amide bonds. The Hall–Kier alpha value is -1.95. The molecule has 0 aromatic heterocycles. The van der Waals surface area contributed by atoms with E-state index in [0.29, 0.717) is 31.0 Å². The summed E-state index contributed by atoms with van der Waals surface area (Å²) in [5.41, 5.74) is 5.77. The minimum Gasteiger partial charge on any atom is -0.366 e. The van der Waals surface area contributed by atoms with Crippen LogP contribution in [0.3, 0.4) is 0 Å². The van der Waals surface area contributed by atoms with E-state index in [-0.39, 0.29) is 18.0 Å². The second kappa shape index (κ2) is 8.36. The molecule has 1 aromatic rings. The van der Waals surface area contributed by atoms with Crippen molar-refractivity contribution in [2.75, 3.05) is 13.1 Å². The summed E-state index contributed by atoms with van der Waals surface area (Å²) in [5, 5.41) is 5.78. The Morgan fingerprint density at radius 1 is 1.33 bits per heavy atom. The van der Waals surface area contributed by atoms with Crippen LogP contribution in [0.1, 0.15) is 36.2 Å². The van der Waals surface area contributed by atoms with E-state index in [1.54, 1.807) is 0 Å². The molecule has 0 unspecified atom stereocenters. The Morgan fingerprint density at radius 2 is 2.05 bits per heavy atom. The van der Waals surface area contributed by atoms with Crippen LogP contribution in [-0.4, -0.2) is 24.9 Å². The van der Waals surface area contributed by atoms with Gasteiger partial charge in [-0.15, -0.1) is 0 Å². The van der Waals surface area contributed by atoms with Gasteiger partial charge in [-0.25, -0.2) is 4.39 Å². The largest absolute Gasteiger partial charge is 0.366 e. The van der Waals surface area contributed by atoms with Crippen molar-refractivity contribution >= 4 is 11.8 Å². The maximum absolute atomic E-state index is 13.6. The molecule has 0 saturated heterocycles. The van der Waals surface area contributed by atoms with Crippen LogP contribution >= 0.6 is 0 Å². The Labute approximate surface area is 124 Å². The zero-order valence-electron chi connectivity index (χ0n) is 12.4. The van der Waals surface area contributed by atoms with E-state index >= 15 is 0 Å². The number of nitrogens with one attached hydrogen (secondary N) is 2. The van der Waals surface area contributed by atoms with E-state index in [9.17, 15) is 14.0 Å². The SMILES string of the molecule is CC(C)CNC(=O)CCNCc1cc(C(N)=O)ccc1F. The fraction of sp³-hybridized carbons (Fsp3) is 0.467. The third-order valence-corrected chi connectivity index (χ3v) is 2.88. The van der Waals surface area contributed by atoms with Crippen molar-refractivity contribution < 1.29 is 14.0 Å². The lowest BCUT2D eigenvalue weighted by Gasteiger charge is -2.09. The van der Waals surface area contributed by atoms with E-state index in [2.05, 4.69) is 10.6 Å². The molecule has 0 saturated carbocycles. The molecule has 0 fully saturated rings. The van der Waals surface area contributed by atoms with Gasteiger partial charge in [0.05, 0.1) is 0 Å². The molecule has 0 aliphatic carbocycles. The number of nitrogens with two attached hydrogens (primary N) is 1. The van der Waals surface area contributed by atoms with Gasteiger partial charge in [0.2, 0.25) is 11.8 Å². The Morgan fingerprint density at radius 3 is 2.67 bits per heavy atom. The quantitative estimate of drug-likeness (QED) is 0.630. The van der Waals surface area contributed by atoms with Crippen molar-refractivity contribution in [3.05, 3.63) is 35.1 Å². The number of primary amides is 1. The smallest absolute Gasteiger partial charge is 0.248 e. The van der Waals surface area contributed by atoms with Crippen LogP contribution in [0.4, 0.5) is 4.39 Å². The first-order valence-corrected chi connectivity index (χ1v) is 6.95. The summed E-state index contributed by atoms with van der Waals surface area (Å²) in [6.45, 7) is 5.36. The average molecular weight is 295 g/mol. The summed E-state index contributed by atoms with van der Waals surface area (Å²) in [6.07, 6.45) is 0.323. The normalized spacial score (nSPS) is 10.7. The van der Waals surface area contributed by atoms with Crippen molar-refractivity contribution in [2.45, 2.75) is 26.8 Å². The number of hydrogen-bond donors (Lipinski definition) is 3. The van der Waals surface area contributed by atoms with E-state index in [1.807, 2.05) is 13.8 Å². The molecule has 5 nitrogen and oxygen atoms in total. The summed E-state index contributed by atoms with van der Waals surface area (Å²) >= 11 is 0. The molecule has 0 spiro atoms. The summed E-state index contributed by atoms with van der Waals surface area (Å²) in [5.74, 6) is -0.629. The van der Waals surface area contributed by atoms with Crippen LogP contribution in [0, 0.1) is 11.7 Å². The molecule has 0 atom stereocenters. The van der Waals surface area contributed by atoms with Crippen molar-refractivity contribution in [2.24, 2.45) is 11.7 Å². The number of amides is 2. The van der Waals surface area contributed by atoms with Gasteiger partial charge < -0.3 is 16.4 Å². The zero-order chi connectivity index (χ0) is 15.8. The van der Waals surface area contributed by atoms with Crippen molar-refractivity contribution in [3.63, 3.8) is 0 Å². The van der Waals surface area contributed by atoms with Gasteiger partial charge in [-0.05, 0) is 24.1 Å². The summed E-state index contributed by atoms with van der Waals surface area (Å²) in [4.78, 5) is 22.5. The van der Waals surface area contributed by atoms with Crippen molar-refractivity contribution in [1.82, 2.24) is 10.6 Å². The number of hydrogen-bond acceptors (Lipinski definition) is 3. The second-order valence-corrected chi connectivity index (χ2v) is 5.30. The van der Waals surface area contributed by atoms with Crippen LogP contribution < -0.4 is 16.4 Å². The Kier molecular flexibility index (Phi) is 6.81. The summed E-state index contributed by atoms with van der Waals surface area (Å²) in [6, 6.07) is 3.98. The van der Waals surface area contributed by atoms with Gasteiger partial charge >= 0.3 is 0 Å². The lowest BCUT2D eigenvalue weighted by Crippen LogP contribution is -2.30. The maximum Gasteiger partial charge on any atom is 0.248 e.